The molecule has 1 aliphatic rings. The van der Waals surface area contributed by atoms with Gasteiger partial charge in [-0.3, -0.25) is 4.79 Å². The fourth-order valence-corrected chi connectivity index (χ4v) is 3.89. The van der Waals surface area contributed by atoms with Crippen LogP contribution in [0.2, 0.25) is 0 Å². The van der Waals surface area contributed by atoms with Crippen molar-refractivity contribution in [2.45, 2.75) is 46.1 Å². The fourth-order valence-electron chi connectivity index (χ4n) is 3.26. The van der Waals surface area contributed by atoms with Crippen LogP contribution in [0.3, 0.4) is 0 Å². The lowest BCUT2D eigenvalue weighted by atomic mass is 9.74. The van der Waals surface area contributed by atoms with E-state index in [2.05, 4.69) is 48.7 Å². The van der Waals surface area contributed by atoms with Crippen LogP contribution in [0.15, 0.2) is 24.3 Å². The van der Waals surface area contributed by atoms with Gasteiger partial charge in [0.15, 0.2) is 0 Å². The van der Waals surface area contributed by atoms with Gasteiger partial charge in [0.05, 0.1) is 5.56 Å². The number of carbonyl (C=O) groups excluding carboxylic acids is 1. The second-order valence-electron chi connectivity index (χ2n) is 6.39. The van der Waals surface area contributed by atoms with E-state index in [1.807, 2.05) is 24.3 Å². The Bertz CT molecular complexity index is 472. The van der Waals surface area contributed by atoms with Crippen molar-refractivity contribution in [2.75, 3.05) is 0 Å². The van der Waals surface area contributed by atoms with Crippen LogP contribution < -0.4 is 5.32 Å². The molecule has 20 heavy (non-hydrogen) atoms. The molecule has 0 bridgehead atoms. The average molecular weight is 385 g/mol. The van der Waals surface area contributed by atoms with Crippen molar-refractivity contribution < 1.29 is 4.79 Å². The summed E-state index contributed by atoms with van der Waals surface area (Å²) in [7, 11) is 0. The minimum atomic E-state index is 0.0831. The molecule has 110 valence electrons. The van der Waals surface area contributed by atoms with Crippen LogP contribution in [0.4, 0.5) is 0 Å². The molecule has 1 N–H and O–H groups in total. The summed E-state index contributed by atoms with van der Waals surface area (Å²) in [5.74, 6) is 2.03. The number of hydrogen-bond acceptors (Lipinski definition) is 1. The molecule has 0 spiro atoms. The Labute approximate surface area is 135 Å². The van der Waals surface area contributed by atoms with E-state index in [0.29, 0.717) is 23.8 Å². The van der Waals surface area contributed by atoms with Gasteiger partial charge in [-0.05, 0) is 65.3 Å². The molecule has 1 amide bonds. The first-order valence-electron chi connectivity index (χ1n) is 7.54. The highest BCUT2D eigenvalue weighted by Gasteiger charge is 2.31. The van der Waals surface area contributed by atoms with E-state index < -0.39 is 0 Å². The molecule has 1 aromatic carbocycles. The maximum atomic E-state index is 12.5. The summed E-state index contributed by atoms with van der Waals surface area (Å²) in [4.78, 5) is 12.5. The van der Waals surface area contributed by atoms with Crippen LogP contribution in [0, 0.1) is 21.3 Å². The Morgan fingerprint density at radius 2 is 2.00 bits per heavy atom. The van der Waals surface area contributed by atoms with Crippen molar-refractivity contribution in [3.63, 3.8) is 0 Å². The molecule has 0 heterocycles. The van der Waals surface area contributed by atoms with Gasteiger partial charge in [-0.25, -0.2) is 0 Å². The summed E-state index contributed by atoms with van der Waals surface area (Å²) in [6.45, 7) is 6.83. The summed E-state index contributed by atoms with van der Waals surface area (Å²) >= 11 is 2.23. The van der Waals surface area contributed by atoms with Crippen LogP contribution in [-0.2, 0) is 0 Å². The van der Waals surface area contributed by atoms with Gasteiger partial charge in [0.2, 0.25) is 0 Å². The van der Waals surface area contributed by atoms with Crippen LogP contribution in [0.5, 0.6) is 0 Å². The fraction of sp³-hybridized carbons (Fsp3) is 0.588. The number of halogens is 1. The van der Waals surface area contributed by atoms with E-state index in [1.165, 1.54) is 12.8 Å². The van der Waals surface area contributed by atoms with Crippen molar-refractivity contribution in [3.8, 4) is 0 Å². The van der Waals surface area contributed by atoms with Crippen molar-refractivity contribution in [3.05, 3.63) is 33.4 Å². The van der Waals surface area contributed by atoms with Gasteiger partial charge < -0.3 is 5.32 Å². The number of nitrogens with one attached hydrogen (secondary N) is 1. The Morgan fingerprint density at radius 1 is 1.30 bits per heavy atom. The summed E-state index contributed by atoms with van der Waals surface area (Å²) in [5.41, 5.74) is 0.800. The molecule has 0 saturated heterocycles. The predicted octanol–water partition coefficient (Wildman–Crippen LogP) is 4.48. The predicted molar refractivity (Wildman–Crippen MR) is 91.8 cm³/mol. The Morgan fingerprint density at radius 3 is 2.65 bits per heavy atom. The average Bonchev–Trinajstić information content (AvgIpc) is 2.38. The van der Waals surface area contributed by atoms with E-state index in [0.717, 1.165) is 15.6 Å². The first-order chi connectivity index (χ1) is 9.49. The molecule has 1 aliphatic carbocycles. The standard InChI is InChI=1S/C17H24INO/c1-11(2)13-9-8-12(3)10-16(13)19-17(20)14-6-4-5-7-15(14)18/h4-7,11-13,16H,8-10H2,1-3H3,(H,19,20). The first kappa shape index (κ1) is 15.8. The molecule has 3 atom stereocenters. The van der Waals surface area contributed by atoms with E-state index in [1.54, 1.807) is 0 Å². The second-order valence-corrected chi connectivity index (χ2v) is 7.55. The molecule has 1 fully saturated rings. The third kappa shape index (κ3) is 3.74. The molecule has 2 rings (SSSR count). The van der Waals surface area contributed by atoms with Crippen molar-refractivity contribution in [2.24, 2.45) is 17.8 Å². The highest BCUT2D eigenvalue weighted by atomic mass is 127. The first-order valence-corrected chi connectivity index (χ1v) is 8.62. The number of hydrogen-bond donors (Lipinski definition) is 1. The van der Waals surface area contributed by atoms with E-state index in [4.69, 9.17) is 0 Å². The Kier molecular flexibility index (Phi) is 5.47. The summed E-state index contributed by atoms with van der Waals surface area (Å²) in [5, 5.41) is 3.29. The lowest BCUT2D eigenvalue weighted by molar-refractivity contribution is 0.0867. The van der Waals surface area contributed by atoms with Crippen LogP contribution >= 0.6 is 22.6 Å². The highest BCUT2D eigenvalue weighted by Crippen LogP contribution is 2.33. The van der Waals surface area contributed by atoms with Crippen LogP contribution in [0.25, 0.3) is 0 Å². The maximum absolute atomic E-state index is 12.5. The molecule has 0 aliphatic heterocycles. The molecule has 2 nitrogen and oxygen atoms in total. The van der Waals surface area contributed by atoms with Gasteiger partial charge in [0, 0.05) is 9.61 Å². The van der Waals surface area contributed by atoms with Crippen molar-refractivity contribution in [1.29, 1.82) is 0 Å². The summed E-state index contributed by atoms with van der Waals surface area (Å²) < 4.78 is 1.02. The van der Waals surface area contributed by atoms with Crippen molar-refractivity contribution in [1.82, 2.24) is 5.32 Å². The Balaban J connectivity index is 2.10. The number of amides is 1. The van der Waals surface area contributed by atoms with Gasteiger partial charge in [0.25, 0.3) is 5.91 Å². The van der Waals surface area contributed by atoms with Crippen LogP contribution in [0.1, 0.15) is 50.4 Å². The van der Waals surface area contributed by atoms with Crippen LogP contribution in [-0.4, -0.2) is 11.9 Å². The number of rotatable bonds is 3. The molecule has 1 aromatic rings. The zero-order valence-electron chi connectivity index (χ0n) is 12.5. The SMILES string of the molecule is CC1CCC(C(C)C)C(NC(=O)c2ccccc2I)C1. The Hall–Kier alpha value is -0.580. The minimum Gasteiger partial charge on any atom is -0.349 e. The second kappa shape index (κ2) is 6.92. The molecule has 0 aromatic heterocycles. The molecular formula is C17H24INO. The molecule has 1 saturated carbocycles. The van der Waals surface area contributed by atoms with Gasteiger partial charge >= 0.3 is 0 Å². The van der Waals surface area contributed by atoms with Crippen molar-refractivity contribution >= 4 is 28.5 Å². The van der Waals surface area contributed by atoms with E-state index in [-0.39, 0.29) is 5.91 Å². The quantitative estimate of drug-likeness (QED) is 0.764. The normalized spacial score (nSPS) is 26.6. The summed E-state index contributed by atoms with van der Waals surface area (Å²) in [6.07, 6.45) is 3.63. The lowest BCUT2D eigenvalue weighted by Gasteiger charge is -2.37. The molecule has 3 unspecified atom stereocenters. The van der Waals surface area contributed by atoms with E-state index in [9.17, 15) is 4.79 Å². The molecular weight excluding hydrogens is 361 g/mol. The molecule has 0 radical (unpaired) electrons. The summed E-state index contributed by atoms with van der Waals surface area (Å²) in [6, 6.07) is 8.12. The monoisotopic (exact) mass is 385 g/mol. The van der Waals surface area contributed by atoms with Gasteiger partial charge in [-0.15, -0.1) is 0 Å². The maximum Gasteiger partial charge on any atom is 0.252 e. The largest absolute Gasteiger partial charge is 0.349 e. The zero-order chi connectivity index (χ0) is 14.7. The third-order valence-corrected chi connectivity index (χ3v) is 5.40. The minimum absolute atomic E-state index is 0.0831. The topological polar surface area (TPSA) is 29.1 Å². The van der Waals surface area contributed by atoms with Gasteiger partial charge in [-0.1, -0.05) is 39.3 Å². The highest BCUT2D eigenvalue weighted by molar-refractivity contribution is 14.1. The number of carbonyl (C=O) groups is 1. The zero-order valence-corrected chi connectivity index (χ0v) is 14.7. The smallest absolute Gasteiger partial charge is 0.252 e. The third-order valence-electron chi connectivity index (χ3n) is 4.46. The molecule has 3 heteroatoms. The number of benzene rings is 1. The van der Waals surface area contributed by atoms with Gasteiger partial charge in [0.1, 0.15) is 0 Å². The van der Waals surface area contributed by atoms with Gasteiger partial charge in [-0.2, -0.15) is 0 Å². The van der Waals surface area contributed by atoms with E-state index >= 15 is 0 Å². The lowest BCUT2D eigenvalue weighted by Crippen LogP contribution is -2.45.